The molecule has 1 fully saturated rings. The van der Waals surface area contributed by atoms with E-state index in [9.17, 15) is 4.79 Å². The third-order valence-corrected chi connectivity index (χ3v) is 4.68. The average Bonchev–Trinajstić information content (AvgIpc) is 3.05. The smallest absolute Gasteiger partial charge is 0.292 e. The fourth-order valence-corrected chi connectivity index (χ4v) is 3.20. The van der Waals surface area contributed by atoms with Gasteiger partial charge in [-0.05, 0) is 31.4 Å². The molecule has 0 saturated carbocycles. The van der Waals surface area contributed by atoms with Crippen molar-refractivity contribution in [2.24, 2.45) is 0 Å². The Morgan fingerprint density at radius 2 is 2.04 bits per heavy atom. The average molecular weight is 327 g/mol. The zero-order chi connectivity index (χ0) is 17.3. The number of carbonyl (C=O) groups excluding carboxylic acids is 1. The van der Waals surface area contributed by atoms with Crippen molar-refractivity contribution in [2.75, 3.05) is 24.5 Å². The second-order valence-corrected chi connectivity index (χ2v) is 6.85. The van der Waals surface area contributed by atoms with E-state index in [0.717, 1.165) is 18.8 Å². The lowest BCUT2D eigenvalue weighted by molar-refractivity contribution is 0.0631. The van der Waals surface area contributed by atoms with Crippen LogP contribution in [-0.2, 0) is 0 Å². The third-order valence-electron chi connectivity index (χ3n) is 4.68. The van der Waals surface area contributed by atoms with E-state index in [1.54, 1.807) is 6.07 Å². The van der Waals surface area contributed by atoms with Crippen molar-refractivity contribution in [3.05, 3.63) is 47.3 Å². The molecule has 0 bridgehead atoms. The van der Waals surface area contributed by atoms with Gasteiger partial charge in [-0.25, -0.2) is 0 Å². The summed E-state index contributed by atoms with van der Waals surface area (Å²) in [4.78, 5) is 17.0. The van der Waals surface area contributed by atoms with Gasteiger partial charge in [-0.3, -0.25) is 4.79 Å². The number of hydrogen-bond donors (Lipinski definition) is 0. The van der Waals surface area contributed by atoms with Crippen LogP contribution in [0, 0.1) is 6.92 Å². The first kappa shape index (κ1) is 16.6. The van der Waals surface area contributed by atoms with E-state index < -0.39 is 0 Å². The summed E-state index contributed by atoms with van der Waals surface area (Å²) in [6, 6.07) is 10.3. The Hall–Kier alpha value is -2.30. The van der Waals surface area contributed by atoms with Crippen molar-refractivity contribution in [2.45, 2.75) is 39.7 Å². The molecule has 128 valence electrons. The molecular formula is C19H25N3O2. The summed E-state index contributed by atoms with van der Waals surface area (Å²) < 4.78 is 5.27. The van der Waals surface area contributed by atoms with Crippen molar-refractivity contribution in [1.82, 2.24) is 10.1 Å². The predicted molar refractivity (Wildman–Crippen MR) is 94.5 cm³/mol. The van der Waals surface area contributed by atoms with Crippen molar-refractivity contribution in [3.8, 4) is 0 Å². The lowest BCUT2D eigenvalue weighted by Gasteiger charge is -2.41. The first-order chi connectivity index (χ1) is 11.5. The minimum absolute atomic E-state index is 0.0636. The molecule has 1 atom stereocenters. The van der Waals surface area contributed by atoms with Crippen LogP contribution >= 0.6 is 0 Å². The molecule has 0 unspecified atom stereocenters. The summed E-state index contributed by atoms with van der Waals surface area (Å²) in [6.45, 7) is 10.6. The fourth-order valence-electron chi connectivity index (χ4n) is 3.20. The van der Waals surface area contributed by atoms with Crippen LogP contribution in [0.25, 0.3) is 0 Å². The number of anilines is 1. The van der Waals surface area contributed by atoms with Gasteiger partial charge in [0.1, 0.15) is 0 Å². The molecule has 24 heavy (non-hydrogen) atoms. The van der Waals surface area contributed by atoms with Crippen molar-refractivity contribution < 1.29 is 9.32 Å². The van der Waals surface area contributed by atoms with Gasteiger partial charge in [0.05, 0.1) is 5.69 Å². The van der Waals surface area contributed by atoms with Crippen molar-refractivity contribution in [3.63, 3.8) is 0 Å². The molecule has 0 N–H and O–H groups in total. The Bertz CT molecular complexity index is 723. The van der Waals surface area contributed by atoms with Crippen LogP contribution < -0.4 is 4.90 Å². The molecule has 1 amide bonds. The number of benzene rings is 1. The Morgan fingerprint density at radius 3 is 2.67 bits per heavy atom. The number of piperazine rings is 1. The Morgan fingerprint density at radius 1 is 1.29 bits per heavy atom. The molecule has 3 rings (SSSR count). The molecule has 0 aliphatic carbocycles. The van der Waals surface area contributed by atoms with Crippen LogP contribution in [0.4, 0.5) is 5.69 Å². The molecular weight excluding hydrogens is 302 g/mol. The maximum Gasteiger partial charge on any atom is 0.292 e. The molecule has 1 aliphatic rings. The maximum absolute atomic E-state index is 12.7. The summed E-state index contributed by atoms with van der Waals surface area (Å²) in [6.07, 6.45) is 0. The Kier molecular flexibility index (Phi) is 4.60. The lowest BCUT2D eigenvalue weighted by Crippen LogP contribution is -2.54. The molecule has 2 heterocycles. The third kappa shape index (κ3) is 3.16. The van der Waals surface area contributed by atoms with Gasteiger partial charge in [0.2, 0.25) is 5.76 Å². The van der Waals surface area contributed by atoms with Gasteiger partial charge in [0.25, 0.3) is 5.91 Å². The minimum atomic E-state index is -0.0636. The largest absolute Gasteiger partial charge is 0.367 e. The van der Waals surface area contributed by atoms with Crippen LogP contribution in [-0.4, -0.2) is 41.6 Å². The van der Waals surface area contributed by atoms with Gasteiger partial charge in [-0.1, -0.05) is 37.2 Å². The number of carbonyl (C=O) groups is 1. The highest BCUT2D eigenvalue weighted by Crippen LogP contribution is 2.24. The van der Waals surface area contributed by atoms with Crippen molar-refractivity contribution in [1.29, 1.82) is 0 Å². The van der Waals surface area contributed by atoms with Crippen LogP contribution in [0.15, 0.2) is 34.9 Å². The van der Waals surface area contributed by atoms with Crippen LogP contribution in [0.2, 0.25) is 0 Å². The number of para-hydroxylation sites is 1. The van der Waals surface area contributed by atoms with Crippen molar-refractivity contribution >= 4 is 11.6 Å². The normalized spacial score (nSPS) is 18.3. The number of amides is 1. The zero-order valence-corrected chi connectivity index (χ0v) is 14.8. The van der Waals surface area contributed by atoms with Crippen LogP contribution in [0.5, 0.6) is 0 Å². The van der Waals surface area contributed by atoms with E-state index in [4.69, 9.17) is 4.52 Å². The quantitative estimate of drug-likeness (QED) is 0.866. The van der Waals surface area contributed by atoms with E-state index in [0.29, 0.717) is 12.3 Å². The number of nitrogens with zero attached hydrogens (tertiary/aromatic N) is 3. The van der Waals surface area contributed by atoms with E-state index in [1.807, 2.05) is 18.7 Å². The van der Waals surface area contributed by atoms with Gasteiger partial charge in [0.15, 0.2) is 0 Å². The lowest BCUT2D eigenvalue weighted by atomic mass is 10.1. The topological polar surface area (TPSA) is 49.6 Å². The van der Waals surface area contributed by atoms with Crippen LogP contribution in [0.1, 0.15) is 48.5 Å². The highest BCUT2D eigenvalue weighted by molar-refractivity contribution is 5.92. The molecule has 5 heteroatoms. The summed E-state index contributed by atoms with van der Waals surface area (Å²) >= 11 is 0. The molecule has 0 spiro atoms. The SMILES string of the molecule is Cc1ccccc1N1CCN(C(=O)c2cc(C(C)C)no2)[C@@H](C)C1. The van der Waals surface area contributed by atoms with Gasteiger partial charge >= 0.3 is 0 Å². The van der Waals surface area contributed by atoms with Gasteiger partial charge in [0, 0.05) is 37.4 Å². The summed E-state index contributed by atoms with van der Waals surface area (Å²) in [7, 11) is 0. The predicted octanol–water partition coefficient (Wildman–Crippen LogP) is 3.46. The Balaban J connectivity index is 1.71. The number of rotatable bonds is 3. The molecule has 5 nitrogen and oxygen atoms in total. The number of aromatic nitrogens is 1. The maximum atomic E-state index is 12.7. The van der Waals surface area contributed by atoms with E-state index in [-0.39, 0.29) is 17.9 Å². The molecule has 1 aliphatic heterocycles. The van der Waals surface area contributed by atoms with E-state index in [1.165, 1.54) is 11.3 Å². The fraction of sp³-hybridized carbons (Fsp3) is 0.474. The number of hydrogen-bond acceptors (Lipinski definition) is 4. The summed E-state index contributed by atoms with van der Waals surface area (Å²) in [5.41, 5.74) is 3.34. The summed E-state index contributed by atoms with van der Waals surface area (Å²) in [5, 5.41) is 4.00. The molecule has 0 radical (unpaired) electrons. The van der Waals surface area contributed by atoms with Crippen LogP contribution in [0.3, 0.4) is 0 Å². The second-order valence-electron chi connectivity index (χ2n) is 6.85. The minimum Gasteiger partial charge on any atom is -0.367 e. The highest BCUT2D eigenvalue weighted by Gasteiger charge is 2.30. The molecule has 1 saturated heterocycles. The van der Waals surface area contributed by atoms with E-state index >= 15 is 0 Å². The molecule has 1 aromatic heterocycles. The molecule has 1 aromatic carbocycles. The Labute approximate surface area is 143 Å². The van der Waals surface area contributed by atoms with Gasteiger partial charge < -0.3 is 14.3 Å². The first-order valence-corrected chi connectivity index (χ1v) is 8.55. The second kappa shape index (κ2) is 6.67. The zero-order valence-electron chi connectivity index (χ0n) is 14.8. The first-order valence-electron chi connectivity index (χ1n) is 8.55. The highest BCUT2D eigenvalue weighted by atomic mass is 16.5. The van der Waals surface area contributed by atoms with Gasteiger partial charge in [-0.2, -0.15) is 0 Å². The number of aryl methyl sites for hydroxylation is 1. The van der Waals surface area contributed by atoms with Gasteiger partial charge in [-0.15, -0.1) is 0 Å². The summed E-state index contributed by atoms with van der Waals surface area (Å²) in [5.74, 6) is 0.534. The molecule has 2 aromatic rings. The standard InChI is InChI=1S/C19H25N3O2/c1-13(2)16-11-18(24-20-16)19(23)22-10-9-21(12-15(22)4)17-8-6-5-7-14(17)3/h5-8,11,13,15H,9-10,12H2,1-4H3/t15-/m0/s1. The monoisotopic (exact) mass is 327 g/mol. The van der Waals surface area contributed by atoms with E-state index in [2.05, 4.69) is 48.2 Å².